The number of rotatable bonds is 4. The van der Waals surface area contributed by atoms with Crippen LogP contribution < -0.4 is 5.32 Å². The maximum atomic E-state index is 12.2. The van der Waals surface area contributed by atoms with Gasteiger partial charge in [0, 0.05) is 17.4 Å². The van der Waals surface area contributed by atoms with Gasteiger partial charge in [-0.1, -0.05) is 18.2 Å². The SMILES string of the molecule is COC(=O)c1ccc(NC(=O)Cn2ccc3ccccc32)cc1. The van der Waals surface area contributed by atoms with Crippen LogP contribution in [0.25, 0.3) is 10.9 Å². The van der Waals surface area contributed by atoms with Crippen molar-refractivity contribution in [2.45, 2.75) is 6.54 Å². The second-order valence-corrected chi connectivity index (χ2v) is 5.12. The third-order valence-corrected chi connectivity index (χ3v) is 3.58. The van der Waals surface area contributed by atoms with Crippen LogP contribution >= 0.6 is 0 Å². The number of ether oxygens (including phenoxy) is 1. The van der Waals surface area contributed by atoms with Crippen molar-refractivity contribution in [1.82, 2.24) is 4.57 Å². The van der Waals surface area contributed by atoms with Crippen LogP contribution in [-0.2, 0) is 16.1 Å². The van der Waals surface area contributed by atoms with Crippen molar-refractivity contribution in [3.05, 3.63) is 66.4 Å². The van der Waals surface area contributed by atoms with Gasteiger partial charge >= 0.3 is 5.97 Å². The number of nitrogens with one attached hydrogen (secondary N) is 1. The topological polar surface area (TPSA) is 60.3 Å². The number of methoxy groups -OCH3 is 1. The Morgan fingerprint density at radius 1 is 1.04 bits per heavy atom. The van der Waals surface area contributed by atoms with Crippen LogP contribution in [0.4, 0.5) is 5.69 Å². The van der Waals surface area contributed by atoms with E-state index in [0.717, 1.165) is 10.9 Å². The molecule has 0 aliphatic heterocycles. The van der Waals surface area contributed by atoms with Gasteiger partial charge in [-0.25, -0.2) is 4.79 Å². The van der Waals surface area contributed by atoms with Gasteiger partial charge in [0.2, 0.25) is 5.91 Å². The fourth-order valence-corrected chi connectivity index (χ4v) is 2.44. The molecule has 1 amide bonds. The smallest absolute Gasteiger partial charge is 0.337 e. The van der Waals surface area contributed by atoms with Crippen molar-refractivity contribution in [2.24, 2.45) is 0 Å². The Kier molecular flexibility index (Phi) is 4.10. The molecule has 0 aliphatic rings. The van der Waals surface area contributed by atoms with E-state index in [9.17, 15) is 9.59 Å². The van der Waals surface area contributed by atoms with E-state index >= 15 is 0 Å². The van der Waals surface area contributed by atoms with Gasteiger partial charge in [-0.15, -0.1) is 0 Å². The van der Waals surface area contributed by atoms with E-state index in [-0.39, 0.29) is 12.5 Å². The summed E-state index contributed by atoms with van der Waals surface area (Å²) in [5.41, 5.74) is 2.10. The second-order valence-electron chi connectivity index (χ2n) is 5.12. The number of fused-ring (bicyclic) bond motifs is 1. The predicted molar refractivity (Wildman–Crippen MR) is 88.3 cm³/mol. The molecular weight excluding hydrogens is 292 g/mol. The summed E-state index contributed by atoms with van der Waals surface area (Å²) in [5.74, 6) is -0.529. The number of hydrogen-bond donors (Lipinski definition) is 1. The van der Waals surface area contributed by atoms with Crippen LogP contribution in [-0.4, -0.2) is 23.6 Å². The standard InChI is InChI=1S/C18H16N2O3/c1-23-18(22)14-6-8-15(9-7-14)19-17(21)12-20-11-10-13-4-2-3-5-16(13)20/h2-11H,12H2,1H3,(H,19,21). The first kappa shape index (κ1) is 14.8. The molecule has 0 unspecified atom stereocenters. The number of hydrogen-bond acceptors (Lipinski definition) is 3. The number of esters is 1. The van der Waals surface area contributed by atoms with Crippen LogP contribution in [0.5, 0.6) is 0 Å². The van der Waals surface area contributed by atoms with Crippen LogP contribution in [0.3, 0.4) is 0 Å². The largest absolute Gasteiger partial charge is 0.465 e. The van der Waals surface area contributed by atoms with Gasteiger partial charge in [0.1, 0.15) is 6.54 Å². The molecule has 23 heavy (non-hydrogen) atoms. The first-order chi connectivity index (χ1) is 11.2. The maximum Gasteiger partial charge on any atom is 0.337 e. The van der Waals surface area contributed by atoms with Crippen LogP contribution in [0.1, 0.15) is 10.4 Å². The molecule has 5 nitrogen and oxygen atoms in total. The lowest BCUT2D eigenvalue weighted by atomic mass is 10.2. The Labute approximate surface area is 133 Å². The van der Waals surface area contributed by atoms with E-state index in [1.165, 1.54) is 7.11 Å². The molecule has 0 saturated heterocycles. The maximum absolute atomic E-state index is 12.2. The quantitative estimate of drug-likeness (QED) is 0.754. The molecule has 3 rings (SSSR count). The Morgan fingerprint density at radius 3 is 2.52 bits per heavy atom. The van der Waals surface area contributed by atoms with E-state index in [0.29, 0.717) is 11.3 Å². The summed E-state index contributed by atoms with van der Waals surface area (Å²) in [5, 5.41) is 3.92. The summed E-state index contributed by atoms with van der Waals surface area (Å²) in [7, 11) is 1.33. The van der Waals surface area contributed by atoms with Crippen LogP contribution in [0, 0.1) is 0 Å². The summed E-state index contributed by atoms with van der Waals surface area (Å²) < 4.78 is 6.53. The number of aromatic nitrogens is 1. The first-order valence-corrected chi connectivity index (χ1v) is 7.19. The molecule has 116 valence electrons. The van der Waals surface area contributed by atoms with Gasteiger partial charge in [-0.05, 0) is 41.8 Å². The Balaban J connectivity index is 1.68. The molecular formula is C18H16N2O3. The molecule has 0 atom stereocenters. The summed E-state index contributed by atoms with van der Waals surface area (Å²) in [4.78, 5) is 23.5. The van der Waals surface area contributed by atoms with Crippen molar-refractivity contribution in [3.63, 3.8) is 0 Å². The van der Waals surface area contributed by atoms with E-state index in [4.69, 9.17) is 0 Å². The zero-order valence-corrected chi connectivity index (χ0v) is 12.7. The predicted octanol–water partition coefficient (Wildman–Crippen LogP) is 3.07. The normalized spacial score (nSPS) is 10.5. The van der Waals surface area contributed by atoms with Crippen molar-refractivity contribution >= 4 is 28.5 Å². The number of nitrogens with zero attached hydrogens (tertiary/aromatic N) is 1. The Hall–Kier alpha value is -3.08. The highest BCUT2D eigenvalue weighted by atomic mass is 16.5. The minimum atomic E-state index is -0.401. The molecule has 0 radical (unpaired) electrons. The molecule has 3 aromatic rings. The zero-order chi connectivity index (χ0) is 16.2. The van der Waals surface area contributed by atoms with E-state index < -0.39 is 5.97 Å². The number of para-hydroxylation sites is 1. The van der Waals surface area contributed by atoms with Crippen LogP contribution in [0.2, 0.25) is 0 Å². The molecule has 0 spiro atoms. The minimum absolute atomic E-state index is 0.128. The minimum Gasteiger partial charge on any atom is -0.465 e. The molecule has 1 aromatic heterocycles. The van der Waals surface area contributed by atoms with Gasteiger partial charge in [-0.2, -0.15) is 0 Å². The van der Waals surface area contributed by atoms with Crippen molar-refractivity contribution < 1.29 is 14.3 Å². The average Bonchev–Trinajstić information content (AvgIpc) is 2.98. The molecule has 5 heteroatoms. The zero-order valence-electron chi connectivity index (χ0n) is 12.7. The molecule has 0 fully saturated rings. The third-order valence-electron chi connectivity index (χ3n) is 3.58. The van der Waals surface area contributed by atoms with E-state index in [1.807, 2.05) is 41.1 Å². The molecule has 0 bridgehead atoms. The van der Waals surface area contributed by atoms with Crippen molar-refractivity contribution in [1.29, 1.82) is 0 Å². The molecule has 0 aliphatic carbocycles. The van der Waals surface area contributed by atoms with Crippen molar-refractivity contribution in [2.75, 3.05) is 12.4 Å². The number of carbonyl (C=O) groups excluding carboxylic acids is 2. The lowest BCUT2D eigenvalue weighted by molar-refractivity contribution is -0.116. The highest BCUT2D eigenvalue weighted by Gasteiger charge is 2.08. The molecule has 1 heterocycles. The number of anilines is 1. The lowest BCUT2D eigenvalue weighted by Gasteiger charge is -2.08. The molecule has 2 aromatic carbocycles. The monoisotopic (exact) mass is 308 g/mol. The number of carbonyl (C=O) groups is 2. The number of amides is 1. The fourth-order valence-electron chi connectivity index (χ4n) is 2.44. The fraction of sp³-hybridized carbons (Fsp3) is 0.111. The van der Waals surface area contributed by atoms with E-state index in [2.05, 4.69) is 10.1 Å². The van der Waals surface area contributed by atoms with Crippen molar-refractivity contribution in [3.8, 4) is 0 Å². The van der Waals surface area contributed by atoms with E-state index in [1.54, 1.807) is 24.3 Å². The summed E-state index contributed by atoms with van der Waals surface area (Å²) in [6.07, 6.45) is 1.89. The van der Waals surface area contributed by atoms with Gasteiger partial charge < -0.3 is 14.6 Å². The van der Waals surface area contributed by atoms with Gasteiger partial charge in [0.05, 0.1) is 12.7 Å². The number of benzene rings is 2. The summed E-state index contributed by atoms with van der Waals surface area (Å²) in [6.45, 7) is 0.228. The first-order valence-electron chi connectivity index (χ1n) is 7.19. The molecule has 0 saturated carbocycles. The molecule has 1 N–H and O–H groups in total. The third kappa shape index (κ3) is 3.23. The Morgan fingerprint density at radius 2 is 1.78 bits per heavy atom. The average molecular weight is 308 g/mol. The van der Waals surface area contributed by atoms with Gasteiger partial charge in [-0.3, -0.25) is 4.79 Å². The van der Waals surface area contributed by atoms with Crippen LogP contribution in [0.15, 0.2) is 60.8 Å². The second kappa shape index (κ2) is 6.36. The highest BCUT2D eigenvalue weighted by Crippen LogP contribution is 2.15. The Bertz CT molecular complexity index is 850. The van der Waals surface area contributed by atoms with Gasteiger partial charge in [0.15, 0.2) is 0 Å². The summed E-state index contributed by atoms with van der Waals surface area (Å²) >= 11 is 0. The summed E-state index contributed by atoms with van der Waals surface area (Å²) in [6, 6.07) is 16.5. The van der Waals surface area contributed by atoms with Gasteiger partial charge in [0.25, 0.3) is 0 Å². The highest BCUT2D eigenvalue weighted by molar-refractivity contribution is 5.93. The lowest BCUT2D eigenvalue weighted by Crippen LogP contribution is -2.18.